The molecule has 4 heteroatoms. The first kappa shape index (κ1) is 33.1. The molecule has 0 atom stereocenters. The summed E-state index contributed by atoms with van der Waals surface area (Å²) in [5, 5.41) is 0. The number of hydrogen-bond donors (Lipinski definition) is 0. The van der Waals surface area contributed by atoms with E-state index in [0.29, 0.717) is 0 Å². The van der Waals surface area contributed by atoms with Crippen molar-refractivity contribution in [2.75, 3.05) is 0 Å². The fourth-order valence-electron chi connectivity index (χ4n) is 0. The summed E-state index contributed by atoms with van der Waals surface area (Å²) in [5.74, 6) is 0. The first-order valence-electron chi connectivity index (χ1n) is 0. The maximum Gasteiger partial charge on any atom is 0.316 e. The molecular weight excluding hydrogens is 112 g/mol. The van der Waals surface area contributed by atoms with Gasteiger partial charge in [-0.3, -0.25) is 0 Å². The van der Waals surface area contributed by atoms with Gasteiger partial charge < -0.3 is 5.48 Å². The van der Waals surface area contributed by atoms with Gasteiger partial charge in [-0.1, -0.05) is 0 Å². The summed E-state index contributed by atoms with van der Waals surface area (Å²) in [7, 11) is 0. The molecule has 0 aromatic heterocycles. The second-order valence-corrected chi connectivity index (χ2v) is 0. The molecule has 0 saturated carbocycles. The van der Waals surface area contributed by atoms with Crippen molar-refractivity contribution < 1.29 is 5.48 Å². The van der Waals surface area contributed by atoms with E-state index in [1.54, 1.807) is 0 Å². The Balaban J connectivity index is 0. The maximum atomic E-state index is 0. The van der Waals surface area contributed by atoms with Crippen molar-refractivity contribution in [3.8, 4) is 0 Å². The average Bonchev–Trinajstić information content (AvgIpc) is 0. The quantitative estimate of drug-likeness (QED) is 0.316. The Morgan fingerprint density at radius 1 is 1.00 bits per heavy atom. The molecule has 2 N–H and O–H groups in total. The van der Waals surface area contributed by atoms with Gasteiger partial charge in [-0.2, -0.15) is 13.5 Å². The monoisotopic (exact) mass is 120 g/mol. The van der Waals surface area contributed by atoms with Crippen molar-refractivity contribution in [1.29, 1.82) is 0 Å². The van der Waals surface area contributed by atoms with Gasteiger partial charge in [0.15, 0.2) is 0 Å². The average molecular weight is 121 g/mol. The Labute approximate surface area is 78.4 Å². The first-order chi connectivity index (χ1) is 0. The molecule has 0 aliphatic heterocycles. The van der Waals surface area contributed by atoms with Gasteiger partial charge in [0.1, 0.15) is 0 Å². The number of rotatable bonds is 0. The third-order valence-electron chi connectivity index (χ3n) is 0. The minimum atomic E-state index is 0. The molecule has 0 aliphatic rings. The van der Waals surface area contributed by atoms with Crippen LogP contribution in [0.15, 0.2) is 0 Å². The Bertz CT molecular complexity index is 8.00. The SMILES string of the molecule is O.S.[CaH2].[MgH2]. The van der Waals surface area contributed by atoms with Crippen LogP contribution < -0.4 is 0 Å². The Kier molecular flexibility index (Phi) is 152. The van der Waals surface area contributed by atoms with Crippen LogP contribution in [0.5, 0.6) is 0 Å². The molecule has 0 aromatic rings. The molecular formula is H8CaMgOS. The van der Waals surface area contributed by atoms with E-state index in [4.69, 9.17) is 0 Å². The summed E-state index contributed by atoms with van der Waals surface area (Å²) in [6.45, 7) is 0. The van der Waals surface area contributed by atoms with Gasteiger partial charge in [0, 0.05) is 0 Å². The molecule has 0 radical (unpaired) electrons. The zero-order chi connectivity index (χ0) is 0. The second-order valence-electron chi connectivity index (χ2n) is 0. The predicted octanol–water partition coefficient (Wildman–Crippen LogP) is -2.54. The smallest absolute Gasteiger partial charge is 0.316 e. The van der Waals surface area contributed by atoms with Crippen molar-refractivity contribution in [1.82, 2.24) is 0 Å². The molecule has 0 heterocycles. The summed E-state index contributed by atoms with van der Waals surface area (Å²) in [4.78, 5) is 0. The zero-order valence-corrected chi connectivity index (χ0v) is 2.00. The van der Waals surface area contributed by atoms with E-state index in [2.05, 4.69) is 0 Å². The fourth-order valence-corrected chi connectivity index (χ4v) is 0. The Hall–Kier alpha value is 2.34. The van der Waals surface area contributed by atoms with Gasteiger partial charge in [-0.25, -0.2) is 0 Å². The molecule has 0 aromatic carbocycles. The van der Waals surface area contributed by atoms with Gasteiger partial charge >= 0.3 is 60.8 Å². The van der Waals surface area contributed by atoms with Gasteiger partial charge in [-0.05, 0) is 0 Å². The van der Waals surface area contributed by atoms with Crippen molar-refractivity contribution in [3.05, 3.63) is 0 Å². The van der Waals surface area contributed by atoms with Crippen LogP contribution in [0.2, 0.25) is 0 Å². The van der Waals surface area contributed by atoms with Crippen molar-refractivity contribution >= 4 is 74.3 Å². The van der Waals surface area contributed by atoms with E-state index in [0.717, 1.165) is 0 Å². The van der Waals surface area contributed by atoms with Crippen LogP contribution in [0.25, 0.3) is 0 Å². The van der Waals surface area contributed by atoms with E-state index in [9.17, 15) is 0 Å². The number of hydrogen-bond acceptors (Lipinski definition) is 0. The maximum absolute atomic E-state index is 0. The van der Waals surface area contributed by atoms with Crippen LogP contribution in [0.4, 0.5) is 0 Å². The van der Waals surface area contributed by atoms with Gasteiger partial charge in [0.2, 0.25) is 0 Å². The molecule has 0 saturated heterocycles. The largest absolute Gasteiger partial charge is 0.316 e. The van der Waals surface area contributed by atoms with Crippen LogP contribution in [0.1, 0.15) is 0 Å². The molecule has 0 rings (SSSR count). The summed E-state index contributed by atoms with van der Waals surface area (Å²) in [5.41, 5.74) is 0. The van der Waals surface area contributed by atoms with Gasteiger partial charge in [-0.15, -0.1) is 0 Å². The molecule has 0 aliphatic carbocycles. The normalized spacial score (nSPS) is 0. The van der Waals surface area contributed by atoms with Crippen molar-refractivity contribution in [2.45, 2.75) is 0 Å². The minimum absolute atomic E-state index is 0. The molecule has 24 valence electrons. The summed E-state index contributed by atoms with van der Waals surface area (Å²) in [6, 6.07) is 0. The van der Waals surface area contributed by atoms with E-state index >= 15 is 0 Å². The van der Waals surface area contributed by atoms with Gasteiger partial charge in [0.25, 0.3) is 0 Å². The predicted molar refractivity (Wildman–Crippen MR) is 31.1 cm³/mol. The van der Waals surface area contributed by atoms with Crippen LogP contribution in [-0.2, 0) is 0 Å². The molecule has 4 heavy (non-hydrogen) atoms. The summed E-state index contributed by atoms with van der Waals surface area (Å²) >= 11 is 0. The molecule has 0 spiro atoms. The van der Waals surface area contributed by atoms with Crippen LogP contribution in [0, 0.1) is 0 Å². The molecule has 0 amide bonds. The molecule has 0 fully saturated rings. The third-order valence-corrected chi connectivity index (χ3v) is 0. The summed E-state index contributed by atoms with van der Waals surface area (Å²) < 4.78 is 0. The third kappa shape index (κ3) is 8.84. The first-order valence-corrected chi connectivity index (χ1v) is 0. The van der Waals surface area contributed by atoms with Crippen molar-refractivity contribution in [3.63, 3.8) is 0 Å². The molecule has 1 nitrogen and oxygen atoms in total. The van der Waals surface area contributed by atoms with Gasteiger partial charge in [0.05, 0.1) is 0 Å². The van der Waals surface area contributed by atoms with Crippen LogP contribution in [0.3, 0.4) is 0 Å². The fraction of sp³-hybridized carbons (Fsp3) is 0. The molecule has 0 bridgehead atoms. The minimum Gasteiger partial charge on any atom is 0.316 e. The zero-order valence-electron chi connectivity index (χ0n) is 1.00. The summed E-state index contributed by atoms with van der Waals surface area (Å²) in [6.07, 6.45) is 0. The van der Waals surface area contributed by atoms with Crippen LogP contribution >= 0.6 is 13.5 Å². The van der Waals surface area contributed by atoms with E-state index in [1.165, 1.54) is 0 Å². The van der Waals surface area contributed by atoms with E-state index in [-0.39, 0.29) is 79.8 Å². The topological polar surface area (TPSA) is 31.5 Å². The standard InChI is InChI=1S/Ca.Mg.H2O.H2S.4H/h;;2*1H2;;;;. The van der Waals surface area contributed by atoms with Crippen molar-refractivity contribution in [2.24, 2.45) is 0 Å². The Morgan fingerprint density at radius 3 is 1.00 bits per heavy atom. The molecule has 0 unspecified atom stereocenters. The Morgan fingerprint density at radius 2 is 1.00 bits per heavy atom. The van der Waals surface area contributed by atoms with E-state index < -0.39 is 0 Å². The second kappa shape index (κ2) is 18.4. The van der Waals surface area contributed by atoms with E-state index in [1.807, 2.05) is 0 Å². The van der Waals surface area contributed by atoms with Crippen LogP contribution in [-0.4, -0.2) is 66.3 Å².